The van der Waals surface area contributed by atoms with Crippen molar-refractivity contribution in [1.82, 2.24) is 0 Å². The predicted octanol–water partition coefficient (Wildman–Crippen LogP) is 3.00. The highest BCUT2D eigenvalue weighted by Crippen LogP contribution is 2.35. The highest BCUT2D eigenvalue weighted by atomic mass is 16.5. The fourth-order valence-electron chi connectivity index (χ4n) is 1.85. The Morgan fingerprint density at radius 3 is 2.16 bits per heavy atom. The van der Waals surface area contributed by atoms with Crippen molar-refractivity contribution in [3.05, 3.63) is 23.3 Å². The molecule has 0 aliphatic rings. The first-order valence-electron chi connectivity index (χ1n) is 6.02. The Morgan fingerprint density at radius 1 is 1.21 bits per heavy atom. The summed E-state index contributed by atoms with van der Waals surface area (Å²) in [7, 11) is 3.03. The first-order valence-corrected chi connectivity index (χ1v) is 6.02. The Hall–Kier alpha value is -2.02. The molecule has 0 atom stereocenters. The summed E-state index contributed by atoms with van der Waals surface area (Å²) in [6.45, 7) is 5.51. The van der Waals surface area contributed by atoms with Crippen molar-refractivity contribution in [2.75, 3.05) is 14.2 Å². The number of hydrogen-bond acceptors (Lipinski definition) is 4. The van der Waals surface area contributed by atoms with Crippen LogP contribution in [0.25, 0.3) is 0 Å². The van der Waals surface area contributed by atoms with Crippen molar-refractivity contribution >= 4 is 5.78 Å². The summed E-state index contributed by atoms with van der Waals surface area (Å²) in [5.74, 6) is 0.953. The number of nitrogens with zero attached hydrogens (tertiary/aromatic N) is 1. The van der Waals surface area contributed by atoms with Crippen LogP contribution >= 0.6 is 0 Å². The van der Waals surface area contributed by atoms with Gasteiger partial charge in [-0.05, 0) is 12.1 Å². The zero-order valence-corrected chi connectivity index (χ0v) is 12.0. The third-order valence-corrected chi connectivity index (χ3v) is 2.84. The number of ketones is 1. The van der Waals surface area contributed by atoms with Crippen LogP contribution in [-0.2, 0) is 6.42 Å². The number of ether oxygens (including phenoxy) is 2. The van der Waals surface area contributed by atoms with Crippen LogP contribution in [0.2, 0.25) is 0 Å². The molecule has 4 nitrogen and oxygen atoms in total. The molecule has 0 saturated heterocycles. The number of Topliss-reactive ketones (excluding diaryl/α,β-unsaturated/α-hetero) is 1. The molecule has 0 unspecified atom stereocenters. The molecule has 1 rings (SSSR count). The van der Waals surface area contributed by atoms with E-state index in [-0.39, 0.29) is 12.2 Å². The molecule has 4 heteroatoms. The maximum atomic E-state index is 12.6. The third kappa shape index (κ3) is 3.05. The number of methoxy groups -OCH3 is 2. The topological polar surface area (TPSA) is 59.3 Å². The molecule has 0 saturated carbocycles. The lowest BCUT2D eigenvalue weighted by Gasteiger charge is -2.21. The maximum absolute atomic E-state index is 12.6. The fourth-order valence-corrected chi connectivity index (χ4v) is 1.85. The molecule has 0 heterocycles. The van der Waals surface area contributed by atoms with Crippen molar-refractivity contribution in [3.8, 4) is 17.6 Å². The van der Waals surface area contributed by atoms with E-state index in [1.807, 2.05) is 20.8 Å². The second-order valence-corrected chi connectivity index (χ2v) is 5.24. The summed E-state index contributed by atoms with van der Waals surface area (Å²) >= 11 is 0. The van der Waals surface area contributed by atoms with E-state index < -0.39 is 5.41 Å². The van der Waals surface area contributed by atoms with E-state index in [9.17, 15) is 4.79 Å². The monoisotopic (exact) mass is 261 g/mol. The van der Waals surface area contributed by atoms with Gasteiger partial charge in [0.1, 0.15) is 11.5 Å². The average Bonchev–Trinajstić information content (AvgIpc) is 2.36. The van der Waals surface area contributed by atoms with Gasteiger partial charge in [-0.25, -0.2) is 0 Å². The van der Waals surface area contributed by atoms with Crippen molar-refractivity contribution in [1.29, 1.82) is 5.26 Å². The minimum absolute atomic E-state index is 0.0616. The van der Waals surface area contributed by atoms with E-state index >= 15 is 0 Å². The number of benzene rings is 1. The lowest BCUT2D eigenvalue weighted by molar-refractivity contribution is 0.0853. The van der Waals surface area contributed by atoms with Gasteiger partial charge in [-0.15, -0.1) is 0 Å². The van der Waals surface area contributed by atoms with Gasteiger partial charge in [0.2, 0.25) is 0 Å². The second-order valence-electron chi connectivity index (χ2n) is 5.24. The van der Waals surface area contributed by atoms with Gasteiger partial charge in [-0.3, -0.25) is 4.79 Å². The van der Waals surface area contributed by atoms with E-state index in [0.717, 1.165) is 0 Å². The highest BCUT2D eigenvalue weighted by molar-refractivity contribution is 6.04. The molecule has 0 fully saturated rings. The Labute approximate surface area is 113 Å². The van der Waals surface area contributed by atoms with Crippen LogP contribution in [0.3, 0.4) is 0 Å². The lowest BCUT2D eigenvalue weighted by atomic mass is 9.83. The van der Waals surface area contributed by atoms with Crippen molar-refractivity contribution in [2.24, 2.45) is 5.41 Å². The molecule has 0 aliphatic heterocycles. The Bertz CT molecular complexity index is 521. The van der Waals surface area contributed by atoms with Crippen LogP contribution in [-0.4, -0.2) is 20.0 Å². The Balaban J connectivity index is 3.57. The SMILES string of the molecule is COc1ccc(OC)c(C(=O)C(C)(C)C)c1CC#N. The largest absolute Gasteiger partial charge is 0.496 e. The van der Waals surface area contributed by atoms with E-state index in [2.05, 4.69) is 6.07 Å². The summed E-state index contributed by atoms with van der Waals surface area (Å²) in [5, 5.41) is 8.95. The van der Waals surface area contributed by atoms with Gasteiger partial charge < -0.3 is 9.47 Å². The second kappa shape index (κ2) is 5.75. The number of nitriles is 1. The van der Waals surface area contributed by atoms with Crippen molar-refractivity contribution in [2.45, 2.75) is 27.2 Å². The number of carbonyl (C=O) groups excluding carboxylic acids is 1. The van der Waals surface area contributed by atoms with E-state index in [0.29, 0.717) is 22.6 Å². The standard InChI is InChI=1S/C15H19NO3/c1-15(2,3)14(17)13-10(8-9-16)11(18-4)6-7-12(13)19-5/h6-7H,8H2,1-5H3. The van der Waals surface area contributed by atoms with Gasteiger partial charge in [0.05, 0.1) is 32.3 Å². The maximum Gasteiger partial charge on any atom is 0.172 e. The molecule has 0 aromatic heterocycles. The van der Waals surface area contributed by atoms with Crippen LogP contribution in [0, 0.1) is 16.7 Å². The van der Waals surface area contributed by atoms with Crippen molar-refractivity contribution in [3.63, 3.8) is 0 Å². The minimum Gasteiger partial charge on any atom is -0.496 e. The van der Waals surface area contributed by atoms with Crippen LogP contribution in [0.1, 0.15) is 36.7 Å². The predicted molar refractivity (Wildman–Crippen MR) is 72.6 cm³/mol. The molecule has 1 aromatic rings. The molecule has 1 aromatic carbocycles. The summed E-state index contributed by atoms with van der Waals surface area (Å²) in [5.41, 5.74) is 0.476. The Kier molecular flexibility index (Phi) is 4.55. The quantitative estimate of drug-likeness (QED) is 0.782. The van der Waals surface area contributed by atoms with Crippen LogP contribution in [0.5, 0.6) is 11.5 Å². The molecule has 0 spiro atoms. The minimum atomic E-state index is -0.552. The molecule has 0 bridgehead atoms. The van der Waals surface area contributed by atoms with Crippen LogP contribution in [0.4, 0.5) is 0 Å². The summed E-state index contributed by atoms with van der Waals surface area (Å²) in [4.78, 5) is 12.6. The summed E-state index contributed by atoms with van der Waals surface area (Å²) in [6.07, 6.45) is 0.109. The lowest BCUT2D eigenvalue weighted by Crippen LogP contribution is -2.22. The van der Waals surface area contributed by atoms with Gasteiger partial charge in [-0.1, -0.05) is 20.8 Å². The molecular formula is C15H19NO3. The molecule has 0 radical (unpaired) electrons. The number of rotatable bonds is 4. The van der Waals surface area contributed by atoms with Crippen LogP contribution < -0.4 is 9.47 Å². The third-order valence-electron chi connectivity index (χ3n) is 2.84. The van der Waals surface area contributed by atoms with Gasteiger partial charge in [0.15, 0.2) is 5.78 Å². The van der Waals surface area contributed by atoms with Gasteiger partial charge in [-0.2, -0.15) is 5.26 Å². The zero-order valence-electron chi connectivity index (χ0n) is 12.0. The van der Waals surface area contributed by atoms with Gasteiger partial charge in [0, 0.05) is 11.0 Å². The fraction of sp³-hybridized carbons (Fsp3) is 0.467. The highest BCUT2D eigenvalue weighted by Gasteiger charge is 2.29. The van der Waals surface area contributed by atoms with E-state index in [4.69, 9.17) is 14.7 Å². The molecule has 19 heavy (non-hydrogen) atoms. The van der Waals surface area contributed by atoms with Crippen molar-refractivity contribution < 1.29 is 14.3 Å². The number of hydrogen-bond donors (Lipinski definition) is 0. The Morgan fingerprint density at radius 2 is 1.74 bits per heavy atom. The molecular weight excluding hydrogens is 242 g/mol. The van der Waals surface area contributed by atoms with Gasteiger partial charge >= 0.3 is 0 Å². The normalized spacial score (nSPS) is 10.7. The number of carbonyl (C=O) groups is 1. The smallest absolute Gasteiger partial charge is 0.172 e. The van der Waals surface area contributed by atoms with Crippen LogP contribution in [0.15, 0.2) is 12.1 Å². The molecule has 0 amide bonds. The van der Waals surface area contributed by atoms with E-state index in [1.54, 1.807) is 12.1 Å². The molecule has 0 N–H and O–H groups in total. The van der Waals surface area contributed by atoms with E-state index in [1.165, 1.54) is 14.2 Å². The molecule has 102 valence electrons. The first-order chi connectivity index (χ1) is 8.86. The first kappa shape index (κ1) is 15.0. The average molecular weight is 261 g/mol. The summed E-state index contributed by atoms with van der Waals surface area (Å²) < 4.78 is 10.5. The summed E-state index contributed by atoms with van der Waals surface area (Å²) in [6, 6.07) is 5.48. The molecule has 0 aliphatic carbocycles. The van der Waals surface area contributed by atoms with Gasteiger partial charge in [0.25, 0.3) is 0 Å². The zero-order chi connectivity index (χ0) is 14.6.